The minimum Gasteiger partial charge on any atom is -0.308 e. The largest absolute Gasteiger partial charge is 0.308 e. The van der Waals surface area contributed by atoms with Gasteiger partial charge in [0.1, 0.15) is 0 Å². The van der Waals surface area contributed by atoms with Gasteiger partial charge in [-0.05, 0) is 51.6 Å². The summed E-state index contributed by atoms with van der Waals surface area (Å²) in [7, 11) is 0. The van der Waals surface area contributed by atoms with Crippen molar-refractivity contribution >= 4 is 43.4 Å². The molecule has 0 unspecified atom stereocenters. The van der Waals surface area contributed by atoms with Crippen LogP contribution in [0, 0.1) is 0 Å². The summed E-state index contributed by atoms with van der Waals surface area (Å²) in [4.78, 5) is 15.5. The maximum absolute atomic E-state index is 5.25. The van der Waals surface area contributed by atoms with E-state index in [0.717, 1.165) is 49.7 Å². The van der Waals surface area contributed by atoms with E-state index in [4.69, 9.17) is 15.0 Å². The maximum atomic E-state index is 5.25. The summed E-state index contributed by atoms with van der Waals surface area (Å²) in [6, 6.07) is 63.9. The second kappa shape index (κ2) is 11.9. The highest BCUT2D eigenvalue weighted by Gasteiger charge is 2.22. The Morgan fingerprint density at radius 1 is 0.314 bits per heavy atom. The lowest BCUT2D eigenvalue weighted by atomic mass is 10.0. The van der Waals surface area contributed by atoms with E-state index in [9.17, 15) is 0 Å². The van der Waals surface area contributed by atoms with Gasteiger partial charge >= 0.3 is 0 Å². The third-order valence-electron chi connectivity index (χ3n) is 9.82. The minimum absolute atomic E-state index is 0.624. The number of hydrogen-bond acceptors (Lipinski definition) is 3. The SMILES string of the molecule is c1ccc(-c2ccc(-c3nc(-c4ccccc4)nc(-c4ccc5ccccc5c4-n4c5ccccc5c5cc6ccccc6cc54)n3)cc2)cc1. The van der Waals surface area contributed by atoms with E-state index in [-0.39, 0.29) is 0 Å². The second-order valence-electron chi connectivity index (χ2n) is 12.9. The molecule has 0 saturated heterocycles. The van der Waals surface area contributed by atoms with Gasteiger partial charge in [-0.25, -0.2) is 15.0 Å². The van der Waals surface area contributed by atoms with Crippen LogP contribution in [0.3, 0.4) is 0 Å². The molecule has 0 radical (unpaired) electrons. The summed E-state index contributed by atoms with van der Waals surface area (Å²) < 4.78 is 2.41. The van der Waals surface area contributed by atoms with Crippen molar-refractivity contribution in [3.8, 4) is 51.0 Å². The van der Waals surface area contributed by atoms with Crippen molar-refractivity contribution in [2.24, 2.45) is 0 Å². The van der Waals surface area contributed by atoms with Crippen molar-refractivity contribution in [1.82, 2.24) is 19.5 Å². The van der Waals surface area contributed by atoms with E-state index in [1.165, 1.54) is 27.1 Å². The molecule has 238 valence electrons. The van der Waals surface area contributed by atoms with Crippen LogP contribution in [-0.2, 0) is 0 Å². The number of aromatic nitrogens is 4. The molecule has 0 saturated carbocycles. The van der Waals surface area contributed by atoms with E-state index >= 15 is 0 Å². The van der Waals surface area contributed by atoms with Gasteiger partial charge in [-0.15, -0.1) is 0 Å². The molecule has 0 amide bonds. The predicted octanol–water partition coefficient (Wildman–Crippen LogP) is 11.9. The summed E-state index contributed by atoms with van der Waals surface area (Å²) in [5.41, 5.74) is 8.44. The number of hydrogen-bond donors (Lipinski definition) is 0. The summed E-state index contributed by atoms with van der Waals surface area (Å²) in [5.74, 6) is 1.89. The molecule has 4 nitrogen and oxygen atoms in total. The van der Waals surface area contributed by atoms with Crippen LogP contribution < -0.4 is 0 Å². The Morgan fingerprint density at radius 3 is 1.55 bits per heavy atom. The van der Waals surface area contributed by atoms with Gasteiger partial charge in [0, 0.05) is 32.8 Å². The second-order valence-corrected chi connectivity index (χ2v) is 12.9. The molecule has 0 fully saturated rings. The Kier molecular flexibility index (Phi) is 6.78. The van der Waals surface area contributed by atoms with Crippen LogP contribution in [0.2, 0.25) is 0 Å². The summed E-state index contributed by atoms with van der Waals surface area (Å²) in [5, 5.41) is 7.11. The Balaban J connectivity index is 1.26. The van der Waals surface area contributed by atoms with Crippen molar-refractivity contribution in [3.63, 3.8) is 0 Å². The van der Waals surface area contributed by atoms with Crippen molar-refractivity contribution < 1.29 is 0 Å². The fourth-order valence-electron chi connectivity index (χ4n) is 7.36. The molecule has 2 heterocycles. The van der Waals surface area contributed by atoms with Gasteiger partial charge in [-0.2, -0.15) is 0 Å². The lowest BCUT2D eigenvalue weighted by Crippen LogP contribution is -2.04. The Hall–Kier alpha value is -6.91. The summed E-state index contributed by atoms with van der Waals surface area (Å²) >= 11 is 0. The van der Waals surface area contributed by atoms with E-state index in [0.29, 0.717) is 17.5 Å². The van der Waals surface area contributed by atoms with E-state index in [1.807, 2.05) is 24.3 Å². The molecule has 4 heteroatoms. The van der Waals surface area contributed by atoms with E-state index in [1.54, 1.807) is 0 Å². The first-order valence-electron chi connectivity index (χ1n) is 17.2. The van der Waals surface area contributed by atoms with Gasteiger partial charge in [0.15, 0.2) is 17.5 Å². The van der Waals surface area contributed by atoms with Gasteiger partial charge in [0.05, 0.1) is 16.7 Å². The number of nitrogens with zero attached hydrogens (tertiary/aromatic N) is 4. The monoisotopic (exact) mass is 650 g/mol. The molecule has 10 rings (SSSR count). The van der Waals surface area contributed by atoms with Crippen molar-refractivity contribution in [2.75, 3.05) is 0 Å². The first-order valence-corrected chi connectivity index (χ1v) is 17.2. The molecule has 8 aromatic carbocycles. The third kappa shape index (κ3) is 4.96. The van der Waals surface area contributed by atoms with Gasteiger partial charge in [0.25, 0.3) is 0 Å². The summed E-state index contributed by atoms with van der Waals surface area (Å²) in [6.07, 6.45) is 0. The number of rotatable bonds is 5. The molecule has 0 aliphatic carbocycles. The maximum Gasteiger partial charge on any atom is 0.166 e. The standard InChI is InChI=1S/C47H30N4/c1-3-13-31(14-4-1)32-23-25-35(26-24-32)46-48-45(34-16-5-2-6-17-34)49-47(50-46)40-28-27-33-15-9-10-20-38(33)44(40)51-42-22-12-11-21-39(42)41-29-36-18-7-8-19-37(36)30-43(41)51/h1-30H. The van der Waals surface area contributed by atoms with Crippen LogP contribution in [0.1, 0.15) is 0 Å². The highest BCUT2D eigenvalue weighted by atomic mass is 15.1. The molecular formula is C47H30N4. The highest BCUT2D eigenvalue weighted by molar-refractivity contribution is 6.15. The van der Waals surface area contributed by atoms with Crippen molar-refractivity contribution in [3.05, 3.63) is 182 Å². The van der Waals surface area contributed by atoms with Crippen molar-refractivity contribution in [1.29, 1.82) is 0 Å². The molecule has 0 N–H and O–H groups in total. The Bertz CT molecular complexity index is 2890. The zero-order chi connectivity index (χ0) is 33.7. The quantitative estimate of drug-likeness (QED) is 0.186. The smallest absolute Gasteiger partial charge is 0.166 e. The number of benzene rings is 8. The van der Waals surface area contributed by atoms with Crippen molar-refractivity contribution in [2.45, 2.75) is 0 Å². The summed E-state index contributed by atoms with van der Waals surface area (Å²) in [6.45, 7) is 0. The van der Waals surface area contributed by atoms with Crippen LogP contribution in [-0.4, -0.2) is 19.5 Å². The van der Waals surface area contributed by atoms with E-state index < -0.39 is 0 Å². The Labute approximate surface area is 295 Å². The zero-order valence-electron chi connectivity index (χ0n) is 27.6. The van der Waals surface area contributed by atoms with Gasteiger partial charge in [0.2, 0.25) is 0 Å². The third-order valence-corrected chi connectivity index (χ3v) is 9.82. The molecule has 0 aliphatic heterocycles. The highest BCUT2D eigenvalue weighted by Crippen LogP contribution is 2.41. The van der Waals surface area contributed by atoms with Gasteiger partial charge in [-0.1, -0.05) is 158 Å². The number of para-hydroxylation sites is 1. The molecule has 0 aliphatic rings. The molecule has 51 heavy (non-hydrogen) atoms. The number of fused-ring (bicyclic) bond motifs is 5. The molecule has 10 aromatic rings. The van der Waals surface area contributed by atoms with Crippen LogP contribution in [0.5, 0.6) is 0 Å². The molecule has 2 aromatic heterocycles. The van der Waals surface area contributed by atoms with Gasteiger partial charge in [-0.3, -0.25) is 0 Å². The first-order chi connectivity index (χ1) is 25.3. The van der Waals surface area contributed by atoms with Crippen LogP contribution in [0.15, 0.2) is 182 Å². The predicted molar refractivity (Wildman–Crippen MR) is 211 cm³/mol. The lowest BCUT2D eigenvalue weighted by molar-refractivity contribution is 1.07. The molecule has 0 spiro atoms. The fraction of sp³-hybridized carbons (Fsp3) is 0. The first kappa shape index (κ1) is 29.0. The fourth-order valence-corrected chi connectivity index (χ4v) is 7.36. The van der Waals surface area contributed by atoms with Crippen LogP contribution in [0.4, 0.5) is 0 Å². The van der Waals surface area contributed by atoms with E-state index in [2.05, 4.69) is 162 Å². The molecule has 0 atom stereocenters. The minimum atomic E-state index is 0.624. The van der Waals surface area contributed by atoms with Crippen LogP contribution >= 0.6 is 0 Å². The lowest BCUT2D eigenvalue weighted by Gasteiger charge is -2.17. The topological polar surface area (TPSA) is 43.6 Å². The average molecular weight is 651 g/mol. The van der Waals surface area contributed by atoms with Gasteiger partial charge < -0.3 is 4.57 Å². The molecule has 0 bridgehead atoms. The zero-order valence-corrected chi connectivity index (χ0v) is 27.6. The average Bonchev–Trinajstić information content (AvgIpc) is 3.52. The normalized spacial score (nSPS) is 11.5. The molecular weight excluding hydrogens is 621 g/mol. The Morgan fingerprint density at radius 2 is 0.824 bits per heavy atom. The van der Waals surface area contributed by atoms with Crippen LogP contribution in [0.25, 0.3) is 94.3 Å².